The van der Waals surface area contributed by atoms with Crippen LogP contribution in [0.5, 0.6) is 0 Å². The molecule has 15 heavy (non-hydrogen) atoms. The minimum Gasteiger partial charge on any atom is -0.477 e. The number of aryl methyl sites for hydroxylation is 1. The number of rotatable bonds is 3. The van der Waals surface area contributed by atoms with Gasteiger partial charge in [0.25, 0.3) is 0 Å². The zero-order valence-electron chi connectivity index (χ0n) is 8.76. The summed E-state index contributed by atoms with van der Waals surface area (Å²) in [4.78, 5) is 11.9. The van der Waals surface area contributed by atoms with Crippen molar-refractivity contribution in [2.24, 2.45) is 0 Å². The third-order valence-corrected chi connectivity index (χ3v) is 2.97. The molecule has 0 saturated heterocycles. The predicted molar refractivity (Wildman–Crippen MR) is 61.4 cm³/mol. The SMILES string of the molecule is CNCCC#Cc1sc(C(=O)O)cc1C. The summed E-state index contributed by atoms with van der Waals surface area (Å²) < 4.78 is 0. The van der Waals surface area contributed by atoms with Gasteiger partial charge >= 0.3 is 5.97 Å². The highest BCUT2D eigenvalue weighted by Gasteiger charge is 2.08. The van der Waals surface area contributed by atoms with E-state index in [0.29, 0.717) is 4.88 Å². The maximum atomic E-state index is 10.7. The Hall–Kier alpha value is -1.31. The average molecular weight is 223 g/mol. The molecular weight excluding hydrogens is 210 g/mol. The van der Waals surface area contributed by atoms with Crippen LogP contribution in [0.2, 0.25) is 0 Å². The van der Waals surface area contributed by atoms with Crippen LogP contribution in [0.4, 0.5) is 0 Å². The van der Waals surface area contributed by atoms with Gasteiger partial charge in [-0.05, 0) is 25.6 Å². The lowest BCUT2D eigenvalue weighted by molar-refractivity contribution is 0.0702. The molecule has 0 saturated carbocycles. The fraction of sp³-hybridized carbons (Fsp3) is 0.364. The van der Waals surface area contributed by atoms with Gasteiger partial charge in [-0.15, -0.1) is 11.3 Å². The molecule has 0 aliphatic rings. The summed E-state index contributed by atoms with van der Waals surface area (Å²) in [5, 5.41) is 11.8. The van der Waals surface area contributed by atoms with Crippen molar-refractivity contribution >= 4 is 17.3 Å². The number of hydrogen-bond acceptors (Lipinski definition) is 3. The van der Waals surface area contributed by atoms with E-state index in [4.69, 9.17) is 5.11 Å². The first kappa shape index (κ1) is 11.8. The number of thiophene rings is 1. The van der Waals surface area contributed by atoms with Crippen LogP contribution in [0.3, 0.4) is 0 Å². The van der Waals surface area contributed by atoms with E-state index in [1.54, 1.807) is 6.07 Å². The Bertz CT molecular complexity index is 412. The van der Waals surface area contributed by atoms with E-state index in [1.165, 1.54) is 11.3 Å². The van der Waals surface area contributed by atoms with Crippen LogP contribution >= 0.6 is 11.3 Å². The molecule has 0 unspecified atom stereocenters. The summed E-state index contributed by atoms with van der Waals surface area (Å²) in [6.07, 6.45) is 0.774. The number of carboxylic acid groups (broad SMARTS) is 1. The minimum atomic E-state index is -0.883. The summed E-state index contributed by atoms with van der Waals surface area (Å²) in [7, 11) is 1.88. The number of carbonyl (C=O) groups is 1. The quantitative estimate of drug-likeness (QED) is 0.606. The Morgan fingerprint density at radius 3 is 2.93 bits per heavy atom. The zero-order chi connectivity index (χ0) is 11.3. The maximum Gasteiger partial charge on any atom is 0.345 e. The first-order valence-electron chi connectivity index (χ1n) is 4.62. The molecule has 1 aromatic heterocycles. The highest BCUT2D eigenvalue weighted by atomic mass is 32.1. The molecule has 0 spiro atoms. The third kappa shape index (κ3) is 3.39. The van der Waals surface area contributed by atoms with Gasteiger partial charge in [-0.2, -0.15) is 0 Å². The Kier molecular flexibility index (Phi) is 4.35. The van der Waals surface area contributed by atoms with E-state index in [2.05, 4.69) is 17.2 Å². The first-order valence-corrected chi connectivity index (χ1v) is 5.44. The molecule has 2 N–H and O–H groups in total. The molecule has 0 radical (unpaired) electrons. The molecule has 0 fully saturated rings. The molecule has 1 aromatic rings. The molecule has 1 rings (SSSR count). The molecule has 0 aliphatic heterocycles. The van der Waals surface area contributed by atoms with E-state index >= 15 is 0 Å². The Balaban J connectivity index is 2.75. The van der Waals surface area contributed by atoms with Crippen molar-refractivity contribution in [3.63, 3.8) is 0 Å². The zero-order valence-corrected chi connectivity index (χ0v) is 9.57. The molecule has 0 atom stereocenters. The van der Waals surface area contributed by atoms with Crippen LogP contribution in [0, 0.1) is 18.8 Å². The van der Waals surface area contributed by atoms with Crippen molar-refractivity contribution in [2.45, 2.75) is 13.3 Å². The lowest BCUT2D eigenvalue weighted by Gasteiger charge is -1.88. The first-order chi connectivity index (χ1) is 7.15. The second-order valence-corrected chi connectivity index (χ2v) is 4.14. The summed E-state index contributed by atoms with van der Waals surface area (Å²) in [5.74, 6) is 5.11. The van der Waals surface area contributed by atoms with Crippen molar-refractivity contribution in [1.29, 1.82) is 0 Å². The molecule has 0 aliphatic carbocycles. The molecule has 0 bridgehead atoms. The minimum absolute atomic E-state index is 0.352. The van der Waals surface area contributed by atoms with Crippen LogP contribution < -0.4 is 5.32 Å². The van der Waals surface area contributed by atoms with Gasteiger partial charge in [-0.1, -0.05) is 11.8 Å². The second-order valence-electron chi connectivity index (χ2n) is 3.08. The van der Waals surface area contributed by atoms with E-state index in [0.717, 1.165) is 23.4 Å². The maximum absolute atomic E-state index is 10.7. The fourth-order valence-electron chi connectivity index (χ4n) is 1.04. The molecule has 1 heterocycles. The van der Waals surface area contributed by atoms with Gasteiger partial charge in [-0.3, -0.25) is 0 Å². The van der Waals surface area contributed by atoms with Crippen LogP contribution in [-0.2, 0) is 0 Å². The summed E-state index contributed by atoms with van der Waals surface area (Å²) >= 11 is 1.23. The van der Waals surface area contributed by atoms with Crippen molar-refractivity contribution in [3.05, 3.63) is 21.4 Å². The lowest BCUT2D eigenvalue weighted by atomic mass is 10.2. The predicted octanol–water partition coefficient (Wildman–Crippen LogP) is 1.72. The number of aromatic carboxylic acids is 1. The number of hydrogen-bond donors (Lipinski definition) is 2. The standard InChI is InChI=1S/C11H13NO2S/c1-8-7-10(11(13)14)15-9(8)5-3-4-6-12-2/h7,12H,4,6H2,1-2H3,(H,13,14). The van der Waals surface area contributed by atoms with E-state index in [-0.39, 0.29) is 0 Å². The summed E-state index contributed by atoms with van der Waals surface area (Å²) in [5.41, 5.74) is 0.939. The highest BCUT2D eigenvalue weighted by molar-refractivity contribution is 7.14. The average Bonchev–Trinajstić information content (AvgIpc) is 2.55. The monoisotopic (exact) mass is 223 g/mol. The largest absolute Gasteiger partial charge is 0.477 e. The molecule has 0 amide bonds. The van der Waals surface area contributed by atoms with E-state index in [9.17, 15) is 4.79 Å². The highest BCUT2D eigenvalue weighted by Crippen LogP contribution is 2.20. The van der Waals surface area contributed by atoms with Gasteiger partial charge in [0.1, 0.15) is 4.88 Å². The van der Waals surface area contributed by atoms with Gasteiger partial charge < -0.3 is 10.4 Å². The Morgan fingerprint density at radius 2 is 2.40 bits per heavy atom. The van der Waals surface area contributed by atoms with E-state index in [1.807, 2.05) is 14.0 Å². The van der Waals surface area contributed by atoms with Gasteiger partial charge in [0.2, 0.25) is 0 Å². The smallest absolute Gasteiger partial charge is 0.345 e. The molecule has 80 valence electrons. The number of carboxylic acids is 1. The third-order valence-electron chi connectivity index (χ3n) is 1.83. The summed E-state index contributed by atoms with van der Waals surface area (Å²) in [6, 6.07) is 1.66. The van der Waals surface area contributed by atoms with Gasteiger partial charge in [0, 0.05) is 13.0 Å². The van der Waals surface area contributed by atoms with Crippen molar-refractivity contribution in [2.75, 3.05) is 13.6 Å². The number of nitrogens with one attached hydrogen (secondary N) is 1. The normalized spacial score (nSPS) is 9.47. The van der Waals surface area contributed by atoms with Crippen LogP contribution in [0.15, 0.2) is 6.07 Å². The molecular formula is C11H13NO2S. The van der Waals surface area contributed by atoms with Gasteiger partial charge in [0.15, 0.2) is 0 Å². The van der Waals surface area contributed by atoms with Crippen LogP contribution in [0.25, 0.3) is 0 Å². The fourth-order valence-corrected chi connectivity index (χ4v) is 1.93. The molecule has 3 nitrogen and oxygen atoms in total. The topological polar surface area (TPSA) is 49.3 Å². The van der Waals surface area contributed by atoms with Crippen molar-refractivity contribution in [3.8, 4) is 11.8 Å². The second kappa shape index (κ2) is 5.54. The Labute approximate surface area is 93.1 Å². The van der Waals surface area contributed by atoms with Crippen LogP contribution in [-0.4, -0.2) is 24.7 Å². The van der Waals surface area contributed by atoms with E-state index < -0.39 is 5.97 Å². The van der Waals surface area contributed by atoms with Crippen molar-refractivity contribution < 1.29 is 9.90 Å². The van der Waals surface area contributed by atoms with Crippen LogP contribution in [0.1, 0.15) is 26.5 Å². The van der Waals surface area contributed by atoms with Gasteiger partial charge in [-0.25, -0.2) is 4.79 Å². The molecule has 4 heteroatoms. The van der Waals surface area contributed by atoms with Gasteiger partial charge in [0.05, 0.1) is 4.88 Å². The molecule has 0 aromatic carbocycles. The Morgan fingerprint density at radius 1 is 1.67 bits per heavy atom. The lowest BCUT2D eigenvalue weighted by Crippen LogP contribution is -2.05. The summed E-state index contributed by atoms with van der Waals surface area (Å²) in [6.45, 7) is 2.73. The van der Waals surface area contributed by atoms with Crippen molar-refractivity contribution in [1.82, 2.24) is 5.32 Å².